The molecule has 1 aromatic heterocycles. The van der Waals surface area contributed by atoms with Crippen molar-refractivity contribution in [2.45, 2.75) is 52.5 Å². The van der Waals surface area contributed by atoms with Crippen molar-refractivity contribution < 1.29 is 4.42 Å². The second-order valence-corrected chi connectivity index (χ2v) is 5.05. The lowest BCUT2D eigenvalue weighted by atomic mass is 10.0. The predicted octanol–water partition coefficient (Wildman–Crippen LogP) is 3.74. The highest BCUT2D eigenvalue weighted by molar-refractivity contribution is 5.24. The molecule has 2 rings (SSSR count). The van der Waals surface area contributed by atoms with Crippen LogP contribution in [0.25, 0.3) is 0 Å². The third-order valence-corrected chi connectivity index (χ3v) is 3.36. The highest BCUT2D eigenvalue weighted by Gasteiger charge is 2.27. The molecule has 1 aromatic rings. The van der Waals surface area contributed by atoms with E-state index in [1.54, 1.807) is 0 Å². The summed E-state index contributed by atoms with van der Waals surface area (Å²) in [4.78, 5) is 0. The summed E-state index contributed by atoms with van der Waals surface area (Å²) in [7, 11) is 0. The van der Waals surface area contributed by atoms with Gasteiger partial charge in [-0.25, -0.2) is 0 Å². The Labute approximate surface area is 98.4 Å². The molecule has 1 aliphatic rings. The second kappa shape index (κ2) is 5.05. The van der Waals surface area contributed by atoms with Crippen molar-refractivity contribution in [3.63, 3.8) is 0 Å². The lowest BCUT2D eigenvalue weighted by Crippen LogP contribution is -2.22. The molecule has 2 heteroatoms. The summed E-state index contributed by atoms with van der Waals surface area (Å²) in [5.74, 6) is 3.07. The quantitative estimate of drug-likeness (QED) is 0.791. The monoisotopic (exact) mass is 221 g/mol. The summed E-state index contributed by atoms with van der Waals surface area (Å²) >= 11 is 0. The van der Waals surface area contributed by atoms with E-state index in [-0.39, 0.29) is 0 Å². The first-order valence-electron chi connectivity index (χ1n) is 6.51. The van der Waals surface area contributed by atoms with Crippen LogP contribution in [0, 0.1) is 19.8 Å². The first-order valence-corrected chi connectivity index (χ1v) is 6.51. The van der Waals surface area contributed by atoms with Crippen molar-refractivity contribution in [1.82, 2.24) is 5.32 Å². The average Bonchev–Trinajstić information content (AvgIpc) is 2.99. The fourth-order valence-electron chi connectivity index (χ4n) is 2.32. The lowest BCUT2D eigenvalue weighted by molar-refractivity contribution is 0.453. The summed E-state index contributed by atoms with van der Waals surface area (Å²) in [6.45, 7) is 7.43. The van der Waals surface area contributed by atoms with E-state index in [9.17, 15) is 0 Å². The topological polar surface area (TPSA) is 25.2 Å². The Morgan fingerprint density at radius 1 is 1.44 bits per heavy atom. The largest absolute Gasteiger partial charge is 0.466 e. The van der Waals surface area contributed by atoms with Crippen LogP contribution in [0.2, 0.25) is 0 Å². The van der Waals surface area contributed by atoms with Gasteiger partial charge in [0.05, 0.1) is 0 Å². The Morgan fingerprint density at radius 3 is 2.69 bits per heavy atom. The number of aryl methyl sites for hydroxylation is 2. The van der Waals surface area contributed by atoms with E-state index in [1.165, 1.54) is 31.2 Å². The van der Waals surface area contributed by atoms with Gasteiger partial charge in [-0.15, -0.1) is 0 Å². The third kappa shape index (κ3) is 2.88. The zero-order valence-electron chi connectivity index (χ0n) is 10.7. The van der Waals surface area contributed by atoms with Crippen molar-refractivity contribution in [2.75, 3.05) is 6.54 Å². The summed E-state index contributed by atoms with van der Waals surface area (Å²) in [6, 6.07) is 2.70. The highest BCUT2D eigenvalue weighted by Crippen LogP contribution is 2.38. The van der Waals surface area contributed by atoms with E-state index in [2.05, 4.69) is 25.2 Å². The van der Waals surface area contributed by atoms with Crippen LogP contribution in [-0.4, -0.2) is 6.54 Å². The van der Waals surface area contributed by atoms with Crippen LogP contribution in [0.4, 0.5) is 0 Å². The molecule has 1 saturated carbocycles. The third-order valence-electron chi connectivity index (χ3n) is 3.36. The Balaban J connectivity index is 2.06. The van der Waals surface area contributed by atoms with Gasteiger partial charge in [0.2, 0.25) is 0 Å². The number of rotatable bonds is 6. The summed E-state index contributed by atoms with van der Waals surface area (Å²) in [5, 5.41) is 3.65. The minimum Gasteiger partial charge on any atom is -0.466 e. The van der Waals surface area contributed by atoms with Gasteiger partial charge in [0, 0.05) is 11.6 Å². The molecule has 0 saturated heterocycles. The Hall–Kier alpha value is -0.760. The lowest BCUT2D eigenvalue weighted by Gasteiger charge is -2.17. The van der Waals surface area contributed by atoms with Crippen molar-refractivity contribution >= 4 is 0 Å². The Kier molecular flexibility index (Phi) is 3.70. The fraction of sp³-hybridized carbons (Fsp3) is 0.714. The molecule has 0 radical (unpaired) electrons. The number of hydrogen-bond donors (Lipinski definition) is 1. The Morgan fingerprint density at radius 2 is 2.19 bits per heavy atom. The molecule has 0 amide bonds. The predicted molar refractivity (Wildman–Crippen MR) is 66.6 cm³/mol. The molecule has 1 fully saturated rings. The van der Waals surface area contributed by atoms with Crippen LogP contribution < -0.4 is 5.32 Å². The van der Waals surface area contributed by atoms with Gasteiger partial charge in [-0.2, -0.15) is 0 Å². The van der Waals surface area contributed by atoms with Crippen LogP contribution in [0.1, 0.15) is 55.7 Å². The van der Waals surface area contributed by atoms with Gasteiger partial charge in [-0.1, -0.05) is 19.8 Å². The molecular formula is C14H23NO. The second-order valence-electron chi connectivity index (χ2n) is 5.05. The summed E-state index contributed by atoms with van der Waals surface area (Å²) < 4.78 is 5.64. The van der Waals surface area contributed by atoms with Gasteiger partial charge in [0.25, 0.3) is 0 Å². The minimum atomic E-state index is 0.505. The van der Waals surface area contributed by atoms with Crippen LogP contribution in [-0.2, 0) is 0 Å². The summed E-state index contributed by atoms with van der Waals surface area (Å²) in [5.41, 5.74) is 1.37. The van der Waals surface area contributed by atoms with Gasteiger partial charge in [0.15, 0.2) is 0 Å². The van der Waals surface area contributed by atoms with Crippen molar-refractivity contribution in [3.05, 3.63) is 23.2 Å². The maximum absolute atomic E-state index is 5.64. The molecular weight excluding hydrogens is 198 g/mol. The zero-order chi connectivity index (χ0) is 11.5. The van der Waals surface area contributed by atoms with Crippen molar-refractivity contribution in [3.8, 4) is 0 Å². The van der Waals surface area contributed by atoms with E-state index in [0.29, 0.717) is 6.04 Å². The maximum atomic E-state index is 5.64. The van der Waals surface area contributed by atoms with E-state index in [1.807, 2.05) is 6.92 Å². The van der Waals surface area contributed by atoms with Gasteiger partial charge >= 0.3 is 0 Å². The normalized spacial score (nSPS) is 17.7. The number of nitrogens with one attached hydrogen (secondary N) is 1. The standard InChI is InChI=1S/C14H23NO/c1-4-7-15-14(9-12-5-6-12)13-8-10(2)16-11(13)3/h8,12,14-15H,4-7,9H2,1-3H3. The van der Waals surface area contributed by atoms with Gasteiger partial charge in [-0.3, -0.25) is 0 Å². The molecule has 2 nitrogen and oxygen atoms in total. The first-order chi connectivity index (χ1) is 7.70. The van der Waals surface area contributed by atoms with Gasteiger partial charge < -0.3 is 9.73 Å². The van der Waals surface area contributed by atoms with Crippen LogP contribution >= 0.6 is 0 Å². The molecule has 1 aliphatic carbocycles. The van der Waals surface area contributed by atoms with Crippen LogP contribution in [0.15, 0.2) is 10.5 Å². The summed E-state index contributed by atoms with van der Waals surface area (Å²) in [6.07, 6.45) is 5.30. The molecule has 0 aliphatic heterocycles. The van der Waals surface area contributed by atoms with E-state index >= 15 is 0 Å². The van der Waals surface area contributed by atoms with Crippen LogP contribution in [0.3, 0.4) is 0 Å². The smallest absolute Gasteiger partial charge is 0.105 e. The molecule has 1 unspecified atom stereocenters. The number of furan rings is 1. The Bertz CT molecular complexity index is 339. The van der Waals surface area contributed by atoms with Crippen molar-refractivity contribution in [2.24, 2.45) is 5.92 Å². The molecule has 0 spiro atoms. The molecule has 1 heterocycles. The molecule has 0 bridgehead atoms. The fourth-order valence-corrected chi connectivity index (χ4v) is 2.32. The van der Waals surface area contributed by atoms with Crippen LogP contribution in [0.5, 0.6) is 0 Å². The minimum absolute atomic E-state index is 0.505. The van der Waals surface area contributed by atoms with E-state index in [0.717, 1.165) is 24.0 Å². The zero-order valence-corrected chi connectivity index (χ0v) is 10.7. The highest BCUT2D eigenvalue weighted by atomic mass is 16.3. The molecule has 0 aromatic carbocycles. The van der Waals surface area contributed by atoms with Gasteiger partial charge in [0.1, 0.15) is 11.5 Å². The average molecular weight is 221 g/mol. The van der Waals surface area contributed by atoms with E-state index in [4.69, 9.17) is 4.42 Å². The van der Waals surface area contributed by atoms with Crippen molar-refractivity contribution in [1.29, 1.82) is 0 Å². The SMILES string of the molecule is CCCNC(CC1CC1)c1cc(C)oc1C. The molecule has 16 heavy (non-hydrogen) atoms. The first kappa shape index (κ1) is 11.7. The molecule has 90 valence electrons. The molecule has 1 N–H and O–H groups in total. The maximum Gasteiger partial charge on any atom is 0.105 e. The number of hydrogen-bond acceptors (Lipinski definition) is 2. The molecule has 1 atom stereocenters. The van der Waals surface area contributed by atoms with E-state index < -0.39 is 0 Å². The van der Waals surface area contributed by atoms with Gasteiger partial charge in [-0.05, 0) is 45.2 Å².